The summed E-state index contributed by atoms with van der Waals surface area (Å²) in [6.07, 6.45) is 1.15. The molecule has 0 N–H and O–H groups in total. The molecule has 6 nitrogen and oxygen atoms in total. The van der Waals surface area contributed by atoms with Gasteiger partial charge in [0.15, 0.2) is 0 Å². The maximum Gasteiger partial charge on any atom is 0.426 e. The van der Waals surface area contributed by atoms with E-state index in [0.717, 1.165) is 75.3 Å². The van der Waals surface area contributed by atoms with Crippen LogP contribution in [0, 0.1) is 6.92 Å². The van der Waals surface area contributed by atoms with Crippen LogP contribution in [0.15, 0.2) is 91.0 Å². The lowest BCUT2D eigenvalue weighted by Crippen LogP contribution is -2.22. The first-order valence-electron chi connectivity index (χ1n) is 17.7. The highest BCUT2D eigenvalue weighted by Gasteiger charge is 2.35. The number of ether oxygens (including phenoxy) is 4. The fourth-order valence-electron chi connectivity index (χ4n) is 5.23. The Kier molecular flexibility index (Phi) is 16.6. The van der Waals surface area contributed by atoms with Crippen molar-refractivity contribution in [1.29, 1.82) is 0 Å². The Labute approximate surface area is 304 Å². The van der Waals surface area contributed by atoms with E-state index in [0.29, 0.717) is 35.5 Å². The number of halogens is 4. The fourth-order valence-corrected chi connectivity index (χ4v) is 5.23. The quantitative estimate of drug-likeness (QED) is 0.0419. The molecule has 0 radical (unpaired) electrons. The highest BCUT2D eigenvalue weighted by molar-refractivity contribution is 5.87. The second-order valence-corrected chi connectivity index (χ2v) is 13.1. The fraction of sp³-hybridized carbons (Fsp3) is 0.429. The summed E-state index contributed by atoms with van der Waals surface area (Å²) in [4.78, 5) is 22.8. The lowest BCUT2D eigenvalue weighted by molar-refractivity contribution is -0.256. The Morgan fingerprint density at radius 3 is 1.50 bits per heavy atom. The molecule has 0 spiro atoms. The van der Waals surface area contributed by atoms with Crippen molar-refractivity contribution in [2.45, 2.75) is 104 Å². The van der Waals surface area contributed by atoms with Gasteiger partial charge < -0.3 is 18.9 Å². The van der Waals surface area contributed by atoms with Crippen LogP contribution in [0.5, 0.6) is 5.75 Å². The Hall–Kier alpha value is -4.44. The van der Waals surface area contributed by atoms with Crippen LogP contribution in [0.3, 0.4) is 0 Å². The third-order valence-corrected chi connectivity index (χ3v) is 8.43. The summed E-state index contributed by atoms with van der Waals surface area (Å²) in [5, 5.41) is 0. The predicted molar refractivity (Wildman–Crippen MR) is 193 cm³/mol. The maximum absolute atomic E-state index is 15.0. The van der Waals surface area contributed by atoms with Crippen LogP contribution in [0.4, 0.5) is 17.6 Å². The highest BCUT2D eigenvalue weighted by atomic mass is 19.3. The number of benzene rings is 3. The average Bonchev–Trinajstić information content (AvgIpc) is 3.10. The zero-order chi connectivity index (χ0) is 38.1. The minimum Gasteiger partial charge on any atom is -0.462 e. The lowest BCUT2D eigenvalue weighted by atomic mass is 10.0. The van der Waals surface area contributed by atoms with Crippen molar-refractivity contribution < 1.29 is 46.1 Å². The van der Waals surface area contributed by atoms with Crippen LogP contribution in [0.2, 0.25) is 0 Å². The first kappa shape index (κ1) is 42.0. The third kappa shape index (κ3) is 14.3. The topological polar surface area (TPSA) is 71.1 Å². The van der Waals surface area contributed by atoms with Gasteiger partial charge in [0, 0.05) is 11.1 Å². The Balaban J connectivity index is 1.41. The number of hydrogen-bond acceptors (Lipinski definition) is 6. The number of aryl methyl sites for hydroxylation is 3. The summed E-state index contributed by atoms with van der Waals surface area (Å²) >= 11 is 0. The summed E-state index contributed by atoms with van der Waals surface area (Å²) in [7, 11) is 0. The van der Waals surface area contributed by atoms with Gasteiger partial charge >= 0.3 is 24.2 Å². The van der Waals surface area contributed by atoms with Gasteiger partial charge in [0.25, 0.3) is 0 Å². The van der Waals surface area contributed by atoms with E-state index in [1.54, 1.807) is 45.0 Å². The summed E-state index contributed by atoms with van der Waals surface area (Å²) in [6.45, 7) is 12.2. The molecule has 0 aromatic heterocycles. The normalized spacial score (nSPS) is 11.6. The number of alkyl halides is 4. The SMILES string of the molecule is C=C(C)C(=O)OCCCCCCc1ccc(C(F)(F)OCc2ccc(OC(F)(F)c3ccc(CCCCCCOC(=O)C(=C)C)cc3)cc2C)cc1. The molecule has 282 valence electrons. The molecule has 0 bridgehead atoms. The maximum atomic E-state index is 15.0. The van der Waals surface area contributed by atoms with Gasteiger partial charge in [-0.05, 0) is 106 Å². The Bertz CT molecular complexity index is 1620. The van der Waals surface area contributed by atoms with Gasteiger partial charge in [-0.15, -0.1) is 0 Å². The summed E-state index contributed by atoms with van der Waals surface area (Å²) < 4.78 is 80.1. The first-order chi connectivity index (χ1) is 24.7. The van der Waals surface area contributed by atoms with E-state index in [-0.39, 0.29) is 22.8 Å². The van der Waals surface area contributed by atoms with E-state index < -0.39 is 24.8 Å². The molecule has 0 aliphatic heterocycles. The third-order valence-electron chi connectivity index (χ3n) is 8.43. The summed E-state index contributed by atoms with van der Waals surface area (Å²) in [6, 6.07) is 16.1. The zero-order valence-corrected chi connectivity index (χ0v) is 30.4. The molecular formula is C42H50F4O6. The number of carbonyl (C=O) groups is 2. The largest absolute Gasteiger partial charge is 0.462 e. The van der Waals surface area contributed by atoms with Crippen molar-refractivity contribution in [3.63, 3.8) is 0 Å². The molecule has 3 aromatic rings. The van der Waals surface area contributed by atoms with Crippen molar-refractivity contribution in [2.24, 2.45) is 0 Å². The van der Waals surface area contributed by atoms with Crippen molar-refractivity contribution >= 4 is 11.9 Å². The molecule has 0 heterocycles. The van der Waals surface area contributed by atoms with E-state index in [9.17, 15) is 18.4 Å². The molecule has 0 saturated heterocycles. The monoisotopic (exact) mass is 726 g/mol. The van der Waals surface area contributed by atoms with Gasteiger partial charge in [-0.2, -0.15) is 17.6 Å². The van der Waals surface area contributed by atoms with Crippen LogP contribution >= 0.6 is 0 Å². The van der Waals surface area contributed by atoms with E-state index in [1.165, 1.54) is 42.5 Å². The van der Waals surface area contributed by atoms with Gasteiger partial charge in [0.05, 0.1) is 30.9 Å². The van der Waals surface area contributed by atoms with E-state index >= 15 is 8.78 Å². The zero-order valence-electron chi connectivity index (χ0n) is 30.4. The van der Waals surface area contributed by atoms with Gasteiger partial charge in [0.2, 0.25) is 0 Å². The average molecular weight is 727 g/mol. The van der Waals surface area contributed by atoms with Crippen molar-refractivity contribution in [1.82, 2.24) is 0 Å². The lowest BCUT2D eigenvalue weighted by Gasteiger charge is -2.20. The number of rotatable bonds is 23. The number of esters is 2. The van der Waals surface area contributed by atoms with E-state index in [1.807, 2.05) is 0 Å². The van der Waals surface area contributed by atoms with Gasteiger partial charge in [0.1, 0.15) is 5.75 Å². The molecule has 3 rings (SSSR count). The Morgan fingerprint density at radius 2 is 1.06 bits per heavy atom. The Morgan fingerprint density at radius 1 is 0.615 bits per heavy atom. The van der Waals surface area contributed by atoms with Crippen LogP contribution in [0.1, 0.15) is 98.6 Å². The molecule has 0 saturated carbocycles. The summed E-state index contributed by atoms with van der Waals surface area (Å²) in [5.74, 6) is -0.880. The van der Waals surface area contributed by atoms with Crippen LogP contribution in [-0.2, 0) is 55.5 Å². The molecule has 0 atom stereocenters. The second-order valence-electron chi connectivity index (χ2n) is 13.1. The van der Waals surface area contributed by atoms with Crippen LogP contribution in [0.25, 0.3) is 0 Å². The minimum atomic E-state index is -3.61. The van der Waals surface area contributed by atoms with Gasteiger partial charge in [-0.25, -0.2) is 9.59 Å². The van der Waals surface area contributed by atoms with Crippen LogP contribution < -0.4 is 4.74 Å². The van der Waals surface area contributed by atoms with Crippen molar-refractivity contribution in [2.75, 3.05) is 13.2 Å². The first-order valence-corrected chi connectivity index (χ1v) is 17.7. The molecule has 10 heteroatoms. The number of unbranched alkanes of at least 4 members (excludes halogenated alkanes) is 6. The predicted octanol–water partition coefficient (Wildman–Crippen LogP) is 10.8. The molecule has 52 heavy (non-hydrogen) atoms. The minimum absolute atomic E-state index is 0.0992. The number of carbonyl (C=O) groups excluding carboxylic acids is 2. The van der Waals surface area contributed by atoms with Crippen LogP contribution in [-0.4, -0.2) is 25.2 Å². The molecule has 0 amide bonds. The van der Waals surface area contributed by atoms with Gasteiger partial charge in [-0.3, -0.25) is 0 Å². The molecule has 0 aliphatic rings. The standard InChI is InChI=1S/C42H50F4O6/c1-30(2)39(47)49-26-12-8-6-10-14-33-16-21-36(22-17-33)41(43,44)51-29-35-20-25-38(28-32(35)5)52-42(45,46)37-23-18-34(19-24-37)15-11-7-9-13-27-50-40(48)31(3)4/h16-25,28H,1,3,6-15,26-27,29H2,2,4-5H3. The molecule has 0 fully saturated rings. The van der Waals surface area contributed by atoms with Gasteiger partial charge in [-0.1, -0.05) is 81.3 Å². The highest BCUT2D eigenvalue weighted by Crippen LogP contribution is 2.34. The molecular weight excluding hydrogens is 676 g/mol. The molecule has 3 aromatic carbocycles. The second kappa shape index (κ2) is 20.6. The molecule has 0 aliphatic carbocycles. The molecule has 0 unspecified atom stereocenters. The number of hydrogen-bond donors (Lipinski definition) is 0. The van der Waals surface area contributed by atoms with Crippen molar-refractivity contribution in [3.05, 3.63) is 124 Å². The smallest absolute Gasteiger partial charge is 0.426 e. The van der Waals surface area contributed by atoms with E-state index in [4.69, 9.17) is 18.9 Å². The van der Waals surface area contributed by atoms with Crippen molar-refractivity contribution in [3.8, 4) is 5.75 Å². The summed E-state index contributed by atoms with van der Waals surface area (Å²) in [5.41, 5.74) is 2.90. The van der Waals surface area contributed by atoms with E-state index in [2.05, 4.69) is 13.2 Å².